The minimum Gasteiger partial charge on any atom is -0.393 e. The third kappa shape index (κ3) is 1.30. The summed E-state index contributed by atoms with van der Waals surface area (Å²) in [5.41, 5.74) is -0.876. The normalized spacial score (nSPS) is 51.5. The maximum atomic E-state index is 9.52. The summed E-state index contributed by atoms with van der Waals surface area (Å²) in [5, 5.41) is 18.4. The highest BCUT2D eigenvalue weighted by Gasteiger charge is 2.46. The molecule has 3 nitrogen and oxygen atoms in total. The molecule has 0 aliphatic carbocycles. The highest BCUT2D eigenvalue weighted by molar-refractivity contribution is 6.11. The van der Waals surface area contributed by atoms with E-state index in [0.29, 0.717) is 0 Å². The molecule has 0 bridgehead atoms. The van der Waals surface area contributed by atoms with Gasteiger partial charge in [0.05, 0.1) is 12.7 Å². The topological polar surface area (TPSA) is 49.7 Å². The molecule has 11 heavy (non-hydrogen) atoms. The van der Waals surface area contributed by atoms with Gasteiger partial charge >= 0.3 is 0 Å². The second-order valence-corrected chi connectivity index (χ2v) is 3.36. The first-order valence-electron chi connectivity index (χ1n) is 3.73. The molecule has 0 amide bonds. The first-order valence-corrected chi connectivity index (χ1v) is 3.73. The fourth-order valence-corrected chi connectivity index (χ4v) is 1.35. The Hall–Kier alpha value is -0.0551. The Morgan fingerprint density at radius 1 is 1.64 bits per heavy atom. The van der Waals surface area contributed by atoms with Gasteiger partial charge in [-0.1, -0.05) is 6.92 Å². The smallest absolute Gasteiger partial charge is 0.114 e. The van der Waals surface area contributed by atoms with E-state index in [9.17, 15) is 5.11 Å². The predicted octanol–water partition coefficient (Wildman–Crippen LogP) is -0.741. The van der Waals surface area contributed by atoms with Gasteiger partial charge in [-0.3, -0.25) is 0 Å². The summed E-state index contributed by atoms with van der Waals surface area (Å²) in [6, 6.07) is -0.470. The van der Waals surface area contributed by atoms with Crippen molar-refractivity contribution >= 4 is 7.85 Å². The van der Waals surface area contributed by atoms with Gasteiger partial charge in [0.2, 0.25) is 0 Å². The first-order chi connectivity index (χ1) is 5.01. The maximum absolute atomic E-state index is 9.52. The number of hydrogen-bond acceptors (Lipinski definition) is 3. The van der Waals surface area contributed by atoms with Crippen molar-refractivity contribution in [1.29, 1.82) is 0 Å². The lowest BCUT2D eigenvalue weighted by Gasteiger charge is -2.25. The van der Waals surface area contributed by atoms with Gasteiger partial charge in [-0.15, -0.1) is 0 Å². The summed E-state index contributed by atoms with van der Waals surface area (Å²) in [6.07, 6.45) is -0.678. The molecule has 0 aromatic rings. The van der Waals surface area contributed by atoms with Crippen molar-refractivity contribution in [3.8, 4) is 0 Å². The molecule has 2 radical (unpaired) electrons. The summed E-state index contributed by atoms with van der Waals surface area (Å²) in [7, 11) is 5.53. The zero-order valence-electron chi connectivity index (χ0n) is 6.82. The van der Waals surface area contributed by atoms with E-state index in [0.717, 1.165) is 0 Å². The van der Waals surface area contributed by atoms with Gasteiger partial charge in [0.1, 0.15) is 13.4 Å². The highest BCUT2D eigenvalue weighted by atomic mass is 16.5. The van der Waals surface area contributed by atoms with Crippen LogP contribution in [0.2, 0.25) is 0 Å². The van der Waals surface area contributed by atoms with Gasteiger partial charge in [-0.2, -0.15) is 0 Å². The molecule has 0 aromatic heterocycles. The van der Waals surface area contributed by atoms with E-state index in [-0.39, 0.29) is 12.5 Å². The Labute approximate surface area is 67.8 Å². The van der Waals surface area contributed by atoms with E-state index < -0.39 is 17.7 Å². The Bertz CT molecular complexity index is 153. The van der Waals surface area contributed by atoms with Gasteiger partial charge < -0.3 is 14.9 Å². The number of ether oxygens (including phenoxy) is 1. The van der Waals surface area contributed by atoms with Crippen molar-refractivity contribution in [3.05, 3.63) is 0 Å². The van der Waals surface area contributed by atoms with Crippen molar-refractivity contribution < 1.29 is 14.9 Å². The molecule has 2 N–H and O–H groups in total. The monoisotopic (exact) mass is 156 g/mol. The van der Waals surface area contributed by atoms with Crippen molar-refractivity contribution in [2.75, 3.05) is 6.61 Å². The van der Waals surface area contributed by atoms with Crippen molar-refractivity contribution in [3.63, 3.8) is 0 Å². The molecule has 1 rings (SSSR count). The van der Waals surface area contributed by atoms with Crippen molar-refractivity contribution in [2.45, 2.75) is 31.6 Å². The van der Waals surface area contributed by atoms with Crippen LogP contribution < -0.4 is 0 Å². The van der Waals surface area contributed by atoms with Crippen LogP contribution in [-0.2, 0) is 4.74 Å². The Balaban J connectivity index is 2.73. The maximum Gasteiger partial charge on any atom is 0.114 e. The molecule has 2 unspecified atom stereocenters. The van der Waals surface area contributed by atoms with Crippen LogP contribution in [0.5, 0.6) is 0 Å². The average Bonchev–Trinajstić information content (AvgIpc) is 2.17. The first kappa shape index (κ1) is 9.04. The highest BCUT2D eigenvalue weighted by Crippen LogP contribution is 2.33. The predicted molar refractivity (Wildman–Crippen MR) is 41.3 cm³/mol. The van der Waals surface area contributed by atoms with E-state index in [4.69, 9.17) is 17.7 Å². The molecule has 0 saturated carbocycles. The van der Waals surface area contributed by atoms with E-state index >= 15 is 0 Å². The molecular formula is C7H13BO3. The Kier molecular flexibility index (Phi) is 2.28. The van der Waals surface area contributed by atoms with Crippen LogP contribution in [0, 0.1) is 5.92 Å². The molecule has 62 valence electrons. The largest absolute Gasteiger partial charge is 0.393 e. The van der Waals surface area contributed by atoms with Crippen LogP contribution in [0.4, 0.5) is 0 Å². The fraction of sp³-hybridized carbons (Fsp3) is 1.00. The zero-order valence-corrected chi connectivity index (χ0v) is 6.82. The zero-order chi connectivity index (χ0) is 8.65. The fourth-order valence-electron chi connectivity index (χ4n) is 1.35. The summed E-state index contributed by atoms with van der Waals surface area (Å²) in [6.45, 7) is 3.25. The summed E-state index contributed by atoms with van der Waals surface area (Å²) < 4.78 is 5.20. The third-order valence-electron chi connectivity index (χ3n) is 2.36. The van der Waals surface area contributed by atoms with E-state index in [2.05, 4.69) is 0 Å². The second-order valence-electron chi connectivity index (χ2n) is 3.36. The Morgan fingerprint density at radius 3 is 2.36 bits per heavy atom. The minimum atomic E-state index is -0.876. The van der Waals surface area contributed by atoms with Crippen molar-refractivity contribution in [2.24, 2.45) is 5.92 Å². The lowest BCUT2D eigenvalue weighted by atomic mass is 9.84. The molecular weight excluding hydrogens is 143 g/mol. The SMILES string of the molecule is [B]C1O[C@](C)(CO)C(O)[C@H]1C. The standard InChI is InChI=1S/C7H13BO3/c1-4-5(10)7(2,3-9)11-6(4)8/h4-6,9-10H,3H2,1-2H3/t4-,5?,6?,7-/m1/s1. The van der Waals surface area contributed by atoms with E-state index in [1.54, 1.807) is 13.8 Å². The van der Waals surface area contributed by atoms with Crippen LogP contribution in [-0.4, -0.2) is 42.4 Å². The lowest BCUT2D eigenvalue weighted by Crippen LogP contribution is -2.41. The minimum absolute atomic E-state index is 0.118. The van der Waals surface area contributed by atoms with Crippen molar-refractivity contribution in [1.82, 2.24) is 0 Å². The average molecular weight is 156 g/mol. The van der Waals surface area contributed by atoms with Crippen LogP contribution in [0.1, 0.15) is 13.8 Å². The molecule has 1 aliphatic heterocycles. The molecule has 4 heteroatoms. The molecule has 1 aliphatic rings. The van der Waals surface area contributed by atoms with Gasteiger partial charge in [0.25, 0.3) is 0 Å². The summed E-state index contributed by atoms with van der Waals surface area (Å²) >= 11 is 0. The number of aliphatic hydroxyl groups is 2. The second kappa shape index (κ2) is 2.77. The molecule has 4 atom stereocenters. The van der Waals surface area contributed by atoms with Gasteiger partial charge in [0.15, 0.2) is 0 Å². The van der Waals surface area contributed by atoms with Crippen LogP contribution >= 0.6 is 0 Å². The summed E-state index contributed by atoms with van der Waals surface area (Å²) in [5.74, 6) is -0.118. The van der Waals surface area contributed by atoms with Gasteiger partial charge in [-0.05, 0) is 6.92 Å². The van der Waals surface area contributed by atoms with Gasteiger partial charge in [0, 0.05) is 11.9 Å². The van der Waals surface area contributed by atoms with Gasteiger partial charge in [-0.25, -0.2) is 0 Å². The summed E-state index contributed by atoms with van der Waals surface area (Å²) in [4.78, 5) is 0. The molecule has 1 saturated heterocycles. The quantitative estimate of drug-likeness (QED) is 0.491. The number of rotatable bonds is 1. The molecule has 1 fully saturated rings. The van der Waals surface area contributed by atoms with Crippen LogP contribution in [0.3, 0.4) is 0 Å². The van der Waals surface area contributed by atoms with Crippen LogP contribution in [0.25, 0.3) is 0 Å². The molecule has 0 aromatic carbocycles. The molecule has 0 spiro atoms. The third-order valence-corrected chi connectivity index (χ3v) is 2.36. The molecule has 1 heterocycles. The lowest BCUT2D eigenvalue weighted by molar-refractivity contribution is -0.0847. The van der Waals surface area contributed by atoms with E-state index in [1.807, 2.05) is 0 Å². The number of aliphatic hydroxyl groups excluding tert-OH is 2. The number of hydrogen-bond donors (Lipinski definition) is 2. The van der Waals surface area contributed by atoms with E-state index in [1.165, 1.54) is 0 Å². The Morgan fingerprint density at radius 2 is 2.18 bits per heavy atom. The van der Waals surface area contributed by atoms with Crippen LogP contribution in [0.15, 0.2) is 0 Å².